The summed E-state index contributed by atoms with van der Waals surface area (Å²) in [5, 5.41) is 12.1. The molecule has 78 valence electrons. The van der Waals surface area contributed by atoms with Gasteiger partial charge in [0.2, 0.25) is 0 Å². The molecule has 0 fully saturated rings. The molecular formula is C11H16FNO. The van der Waals surface area contributed by atoms with Gasteiger partial charge in [-0.05, 0) is 43.5 Å². The van der Waals surface area contributed by atoms with Gasteiger partial charge in [-0.2, -0.15) is 0 Å². The number of aliphatic hydroxyl groups is 1. The number of aryl methyl sites for hydroxylation is 1. The number of anilines is 1. The SMILES string of the molecule is CNc1ccc(F)cc1CCC(C)O. The van der Waals surface area contributed by atoms with E-state index < -0.39 is 0 Å². The number of halogens is 1. The van der Waals surface area contributed by atoms with Crippen LogP contribution in [0.15, 0.2) is 18.2 Å². The van der Waals surface area contributed by atoms with Crippen LogP contribution in [0.1, 0.15) is 18.9 Å². The van der Waals surface area contributed by atoms with E-state index in [1.165, 1.54) is 12.1 Å². The van der Waals surface area contributed by atoms with Crippen LogP contribution in [0.5, 0.6) is 0 Å². The minimum absolute atomic E-state index is 0.232. The van der Waals surface area contributed by atoms with Gasteiger partial charge in [0.15, 0.2) is 0 Å². The van der Waals surface area contributed by atoms with Crippen molar-refractivity contribution in [1.29, 1.82) is 0 Å². The molecule has 1 rings (SSSR count). The summed E-state index contributed by atoms with van der Waals surface area (Å²) in [5.74, 6) is -0.232. The first-order chi connectivity index (χ1) is 6.63. The Labute approximate surface area is 83.8 Å². The van der Waals surface area contributed by atoms with Gasteiger partial charge < -0.3 is 10.4 Å². The van der Waals surface area contributed by atoms with E-state index in [1.807, 2.05) is 0 Å². The van der Waals surface area contributed by atoms with Gasteiger partial charge in [0.05, 0.1) is 6.10 Å². The fourth-order valence-electron chi connectivity index (χ4n) is 1.38. The molecule has 0 radical (unpaired) electrons. The molecule has 1 unspecified atom stereocenters. The quantitative estimate of drug-likeness (QED) is 0.775. The third kappa shape index (κ3) is 3.00. The number of aliphatic hydroxyl groups excluding tert-OH is 1. The predicted molar refractivity (Wildman–Crippen MR) is 55.9 cm³/mol. The average Bonchev–Trinajstić information content (AvgIpc) is 2.15. The van der Waals surface area contributed by atoms with Crippen molar-refractivity contribution in [2.45, 2.75) is 25.9 Å². The fourth-order valence-corrected chi connectivity index (χ4v) is 1.38. The summed E-state index contributed by atoms with van der Waals surface area (Å²) >= 11 is 0. The second kappa shape index (κ2) is 4.96. The van der Waals surface area contributed by atoms with E-state index in [0.29, 0.717) is 12.8 Å². The average molecular weight is 197 g/mol. The topological polar surface area (TPSA) is 32.3 Å². The fraction of sp³-hybridized carbons (Fsp3) is 0.455. The number of hydrogen-bond donors (Lipinski definition) is 2. The van der Waals surface area contributed by atoms with Gasteiger partial charge in [-0.1, -0.05) is 0 Å². The van der Waals surface area contributed by atoms with Crippen LogP contribution in [-0.4, -0.2) is 18.3 Å². The van der Waals surface area contributed by atoms with Crippen molar-refractivity contribution in [2.75, 3.05) is 12.4 Å². The molecular weight excluding hydrogens is 181 g/mol. The van der Waals surface area contributed by atoms with Gasteiger partial charge in [0.1, 0.15) is 5.82 Å². The molecule has 1 aromatic rings. The van der Waals surface area contributed by atoms with Gasteiger partial charge in [-0.3, -0.25) is 0 Å². The smallest absolute Gasteiger partial charge is 0.123 e. The monoisotopic (exact) mass is 197 g/mol. The summed E-state index contributed by atoms with van der Waals surface area (Å²) < 4.78 is 12.9. The minimum Gasteiger partial charge on any atom is -0.393 e. The molecule has 14 heavy (non-hydrogen) atoms. The third-order valence-electron chi connectivity index (χ3n) is 2.17. The van der Waals surface area contributed by atoms with E-state index in [4.69, 9.17) is 5.11 Å². The van der Waals surface area contributed by atoms with Gasteiger partial charge in [0, 0.05) is 12.7 Å². The normalized spacial score (nSPS) is 12.6. The van der Waals surface area contributed by atoms with Crippen LogP contribution < -0.4 is 5.32 Å². The van der Waals surface area contributed by atoms with Crippen molar-refractivity contribution < 1.29 is 9.50 Å². The van der Waals surface area contributed by atoms with Crippen LogP contribution in [0.2, 0.25) is 0 Å². The van der Waals surface area contributed by atoms with Crippen molar-refractivity contribution >= 4 is 5.69 Å². The van der Waals surface area contributed by atoms with Gasteiger partial charge in [-0.25, -0.2) is 4.39 Å². The lowest BCUT2D eigenvalue weighted by atomic mass is 10.1. The van der Waals surface area contributed by atoms with Gasteiger partial charge in [-0.15, -0.1) is 0 Å². The van der Waals surface area contributed by atoms with Crippen molar-refractivity contribution in [3.8, 4) is 0 Å². The van der Waals surface area contributed by atoms with E-state index in [9.17, 15) is 4.39 Å². The van der Waals surface area contributed by atoms with Crippen molar-refractivity contribution in [1.82, 2.24) is 0 Å². The van der Waals surface area contributed by atoms with E-state index in [0.717, 1.165) is 11.3 Å². The molecule has 0 aliphatic rings. The molecule has 0 spiro atoms. The number of nitrogens with one attached hydrogen (secondary N) is 1. The Hall–Kier alpha value is -1.09. The Morgan fingerprint density at radius 1 is 1.50 bits per heavy atom. The molecule has 0 aliphatic heterocycles. The molecule has 2 nitrogen and oxygen atoms in total. The Bertz CT molecular complexity index is 299. The Balaban J connectivity index is 2.77. The zero-order valence-electron chi connectivity index (χ0n) is 8.55. The summed E-state index contributed by atoms with van der Waals surface area (Å²) in [5.41, 5.74) is 1.83. The van der Waals surface area contributed by atoms with Crippen molar-refractivity contribution in [2.24, 2.45) is 0 Å². The second-order valence-electron chi connectivity index (χ2n) is 3.44. The maximum absolute atomic E-state index is 12.9. The molecule has 0 aromatic heterocycles. The molecule has 0 saturated carbocycles. The third-order valence-corrected chi connectivity index (χ3v) is 2.17. The predicted octanol–water partition coefficient (Wildman–Crippen LogP) is 2.18. The highest BCUT2D eigenvalue weighted by atomic mass is 19.1. The maximum atomic E-state index is 12.9. The molecule has 1 aromatic carbocycles. The summed E-state index contributed by atoms with van der Waals surface area (Å²) in [4.78, 5) is 0. The first-order valence-electron chi connectivity index (χ1n) is 4.77. The van der Waals surface area contributed by atoms with Crippen molar-refractivity contribution in [3.05, 3.63) is 29.6 Å². The summed E-state index contributed by atoms with van der Waals surface area (Å²) in [7, 11) is 1.80. The van der Waals surface area contributed by atoms with E-state index in [1.54, 1.807) is 20.0 Å². The van der Waals surface area contributed by atoms with Crippen LogP contribution in [0.3, 0.4) is 0 Å². The Morgan fingerprint density at radius 3 is 2.79 bits per heavy atom. The molecule has 0 aliphatic carbocycles. The largest absolute Gasteiger partial charge is 0.393 e. The first-order valence-corrected chi connectivity index (χ1v) is 4.77. The van der Waals surface area contributed by atoms with E-state index in [-0.39, 0.29) is 11.9 Å². The number of benzene rings is 1. The van der Waals surface area contributed by atoms with Crippen LogP contribution in [-0.2, 0) is 6.42 Å². The molecule has 3 heteroatoms. The molecule has 0 heterocycles. The summed E-state index contributed by atoms with van der Waals surface area (Å²) in [6, 6.07) is 4.65. The summed E-state index contributed by atoms with van der Waals surface area (Å²) in [6.07, 6.45) is 0.993. The van der Waals surface area contributed by atoms with E-state index >= 15 is 0 Å². The van der Waals surface area contributed by atoms with Crippen LogP contribution in [0.25, 0.3) is 0 Å². The molecule has 0 bridgehead atoms. The number of rotatable bonds is 4. The molecule has 0 amide bonds. The summed E-state index contributed by atoms with van der Waals surface area (Å²) in [6.45, 7) is 1.73. The number of hydrogen-bond acceptors (Lipinski definition) is 2. The van der Waals surface area contributed by atoms with E-state index in [2.05, 4.69) is 5.32 Å². The van der Waals surface area contributed by atoms with Crippen LogP contribution in [0.4, 0.5) is 10.1 Å². The highest BCUT2D eigenvalue weighted by molar-refractivity contribution is 5.50. The minimum atomic E-state index is -0.344. The van der Waals surface area contributed by atoms with Gasteiger partial charge >= 0.3 is 0 Å². The zero-order valence-corrected chi connectivity index (χ0v) is 8.55. The standard InChI is InChI=1S/C11H16FNO/c1-8(14)3-4-9-7-10(12)5-6-11(9)13-2/h5-8,13-14H,3-4H2,1-2H3. The molecule has 1 atom stereocenters. The lowest BCUT2D eigenvalue weighted by Crippen LogP contribution is -2.03. The highest BCUT2D eigenvalue weighted by Gasteiger charge is 2.04. The Morgan fingerprint density at radius 2 is 2.21 bits per heavy atom. The van der Waals surface area contributed by atoms with Gasteiger partial charge in [0.25, 0.3) is 0 Å². The first kappa shape index (κ1) is 11.0. The zero-order chi connectivity index (χ0) is 10.6. The lowest BCUT2D eigenvalue weighted by molar-refractivity contribution is 0.185. The second-order valence-corrected chi connectivity index (χ2v) is 3.44. The molecule has 2 N–H and O–H groups in total. The van der Waals surface area contributed by atoms with Crippen LogP contribution in [0, 0.1) is 5.82 Å². The Kier molecular flexibility index (Phi) is 3.89. The highest BCUT2D eigenvalue weighted by Crippen LogP contribution is 2.18. The molecule has 0 saturated heterocycles. The maximum Gasteiger partial charge on any atom is 0.123 e. The lowest BCUT2D eigenvalue weighted by Gasteiger charge is -2.10. The van der Waals surface area contributed by atoms with Crippen LogP contribution >= 0.6 is 0 Å². The van der Waals surface area contributed by atoms with Crippen molar-refractivity contribution in [3.63, 3.8) is 0 Å².